The summed E-state index contributed by atoms with van der Waals surface area (Å²) in [5.41, 5.74) is -1.05. The molecule has 0 aliphatic rings. The number of halogens is 3. The second-order valence-electron chi connectivity index (χ2n) is 2.89. The van der Waals surface area contributed by atoms with Crippen LogP contribution in [-0.2, 0) is 6.18 Å². The molecular weight excluding hydrogens is 195 g/mol. The number of hydrogen-bond acceptors (Lipinski definition) is 2. The molecule has 1 rings (SSSR count). The molecule has 14 heavy (non-hydrogen) atoms. The molecule has 1 aromatic rings. The summed E-state index contributed by atoms with van der Waals surface area (Å²) in [5, 5.41) is 0. The lowest BCUT2D eigenvalue weighted by atomic mass is 10.0. The van der Waals surface area contributed by atoms with Crippen LogP contribution in [0.25, 0.3) is 0 Å². The maximum absolute atomic E-state index is 12.3. The summed E-state index contributed by atoms with van der Waals surface area (Å²) in [6.45, 7) is 2.47. The average Bonchev–Trinajstić information content (AvgIpc) is 2.01. The monoisotopic (exact) mass is 203 g/mol. The standard InChI is InChI=1S/C9H8F3NO/c1-5-7(6(2)14)3-4-13-8(5)9(10,11)12/h3-4H,1-2H3. The highest BCUT2D eigenvalue weighted by Gasteiger charge is 2.35. The third kappa shape index (κ3) is 1.92. The van der Waals surface area contributed by atoms with Crippen LogP contribution in [0.1, 0.15) is 28.5 Å². The number of pyridine rings is 1. The first kappa shape index (κ1) is 10.7. The molecule has 0 N–H and O–H groups in total. The minimum Gasteiger partial charge on any atom is -0.294 e. The van der Waals surface area contributed by atoms with Gasteiger partial charge in [0.25, 0.3) is 0 Å². The summed E-state index contributed by atoms with van der Waals surface area (Å²) < 4.78 is 37.0. The summed E-state index contributed by atoms with van der Waals surface area (Å²) >= 11 is 0. The maximum atomic E-state index is 12.3. The van der Waals surface area contributed by atoms with Crippen molar-refractivity contribution in [2.24, 2.45) is 0 Å². The molecule has 0 saturated heterocycles. The van der Waals surface area contributed by atoms with E-state index in [9.17, 15) is 18.0 Å². The Bertz CT molecular complexity index is 371. The lowest BCUT2D eigenvalue weighted by Gasteiger charge is -2.10. The number of nitrogens with zero attached hydrogens (tertiary/aromatic N) is 1. The smallest absolute Gasteiger partial charge is 0.294 e. The van der Waals surface area contributed by atoms with Crippen LogP contribution in [0.15, 0.2) is 12.3 Å². The minimum atomic E-state index is -4.50. The first-order chi connectivity index (χ1) is 6.34. The minimum absolute atomic E-state index is 0.0623. The molecule has 5 heteroatoms. The van der Waals surface area contributed by atoms with Crippen LogP contribution in [0.5, 0.6) is 0 Å². The van der Waals surface area contributed by atoms with Crippen LogP contribution in [0.2, 0.25) is 0 Å². The predicted octanol–water partition coefficient (Wildman–Crippen LogP) is 2.61. The Morgan fingerprint density at radius 2 is 2.00 bits per heavy atom. The fraction of sp³-hybridized carbons (Fsp3) is 0.333. The molecule has 0 saturated carbocycles. The number of aromatic nitrogens is 1. The molecule has 0 aromatic carbocycles. The third-order valence-corrected chi connectivity index (χ3v) is 1.85. The highest BCUT2D eigenvalue weighted by Crippen LogP contribution is 2.31. The highest BCUT2D eigenvalue weighted by atomic mass is 19.4. The van der Waals surface area contributed by atoms with Gasteiger partial charge in [0.05, 0.1) is 0 Å². The van der Waals surface area contributed by atoms with E-state index in [1.54, 1.807) is 0 Å². The summed E-state index contributed by atoms with van der Waals surface area (Å²) in [6.07, 6.45) is -3.51. The molecule has 0 atom stereocenters. The Morgan fingerprint density at radius 1 is 1.43 bits per heavy atom. The third-order valence-electron chi connectivity index (χ3n) is 1.85. The number of Topliss-reactive ketones (excluding diaryl/α,β-unsaturated/α-hetero) is 1. The molecule has 0 fully saturated rings. The number of alkyl halides is 3. The van der Waals surface area contributed by atoms with Crippen molar-refractivity contribution in [1.29, 1.82) is 0 Å². The van der Waals surface area contributed by atoms with Crippen molar-refractivity contribution in [1.82, 2.24) is 4.98 Å². The molecule has 0 bridgehead atoms. The molecule has 0 spiro atoms. The Morgan fingerprint density at radius 3 is 2.43 bits per heavy atom. The highest BCUT2D eigenvalue weighted by molar-refractivity contribution is 5.95. The molecule has 0 aliphatic heterocycles. The van der Waals surface area contributed by atoms with Crippen molar-refractivity contribution in [3.05, 3.63) is 29.1 Å². The van der Waals surface area contributed by atoms with Gasteiger partial charge in [-0.2, -0.15) is 13.2 Å². The van der Waals surface area contributed by atoms with E-state index in [1.807, 2.05) is 0 Å². The fourth-order valence-corrected chi connectivity index (χ4v) is 1.20. The van der Waals surface area contributed by atoms with Crippen molar-refractivity contribution in [2.45, 2.75) is 20.0 Å². The van der Waals surface area contributed by atoms with Gasteiger partial charge in [-0.15, -0.1) is 0 Å². The second kappa shape index (κ2) is 3.40. The van der Waals surface area contributed by atoms with Gasteiger partial charge >= 0.3 is 6.18 Å². The summed E-state index contributed by atoms with van der Waals surface area (Å²) in [6, 6.07) is 1.28. The zero-order valence-corrected chi connectivity index (χ0v) is 7.64. The maximum Gasteiger partial charge on any atom is 0.433 e. The van der Waals surface area contributed by atoms with Crippen LogP contribution in [-0.4, -0.2) is 10.8 Å². The van der Waals surface area contributed by atoms with Crippen LogP contribution in [0, 0.1) is 6.92 Å². The van der Waals surface area contributed by atoms with Gasteiger partial charge in [-0.05, 0) is 25.5 Å². The van der Waals surface area contributed by atoms with Crippen LogP contribution < -0.4 is 0 Å². The Hall–Kier alpha value is -1.39. The molecule has 0 amide bonds. The summed E-state index contributed by atoms with van der Waals surface area (Å²) in [5.74, 6) is -0.393. The Labute approximate surface area is 78.8 Å². The van der Waals surface area contributed by atoms with E-state index in [-0.39, 0.29) is 11.1 Å². The SMILES string of the molecule is CC(=O)c1ccnc(C(F)(F)F)c1C. The van der Waals surface area contributed by atoms with Crippen LogP contribution in [0.4, 0.5) is 13.2 Å². The molecule has 1 aromatic heterocycles. The lowest BCUT2D eigenvalue weighted by molar-refractivity contribution is -0.141. The van der Waals surface area contributed by atoms with E-state index in [2.05, 4.69) is 4.98 Å². The van der Waals surface area contributed by atoms with Gasteiger partial charge in [0.1, 0.15) is 5.69 Å². The van der Waals surface area contributed by atoms with E-state index < -0.39 is 17.7 Å². The first-order valence-electron chi connectivity index (χ1n) is 3.87. The number of carbonyl (C=O) groups is 1. The molecular formula is C9H8F3NO. The van der Waals surface area contributed by atoms with E-state index in [0.29, 0.717) is 0 Å². The second-order valence-corrected chi connectivity index (χ2v) is 2.89. The van der Waals surface area contributed by atoms with E-state index in [0.717, 1.165) is 6.20 Å². The van der Waals surface area contributed by atoms with Crippen molar-refractivity contribution < 1.29 is 18.0 Å². The van der Waals surface area contributed by atoms with Gasteiger partial charge in [-0.1, -0.05) is 0 Å². The fourth-order valence-electron chi connectivity index (χ4n) is 1.20. The molecule has 1 heterocycles. The lowest BCUT2D eigenvalue weighted by Crippen LogP contribution is -2.13. The van der Waals surface area contributed by atoms with Crippen LogP contribution in [0.3, 0.4) is 0 Å². The number of ketones is 1. The first-order valence-corrected chi connectivity index (χ1v) is 3.87. The summed E-state index contributed by atoms with van der Waals surface area (Å²) in [4.78, 5) is 14.2. The molecule has 0 aliphatic carbocycles. The Kier molecular flexibility index (Phi) is 2.59. The quantitative estimate of drug-likeness (QED) is 0.656. The zero-order valence-electron chi connectivity index (χ0n) is 7.64. The average molecular weight is 203 g/mol. The van der Waals surface area contributed by atoms with Gasteiger partial charge in [-0.25, -0.2) is 0 Å². The topological polar surface area (TPSA) is 30.0 Å². The Balaban J connectivity index is 3.35. The van der Waals surface area contributed by atoms with Gasteiger partial charge in [0, 0.05) is 11.8 Å². The van der Waals surface area contributed by atoms with Crippen molar-refractivity contribution in [2.75, 3.05) is 0 Å². The van der Waals surface area contributed by atoms with Crippen molar-refractivity contribution in [3.8, 4) is 0 Å². The van der Waals surface area contributed by atoms with Gasteiger partial charge < -0.3 is 0 Å². The molecule has 0 radical (unpaired) electrons. The number of hydrogen-bond donors (Lipinski definition) is 0. The van der Waals surface area contributed by atoms with E-state index in [1.165, 1.54) is 19.9 Å². The molecule has 76 valence electrons. The van der Waals surface area contributed by atoms with Crippen molar-refractivity contribution in [3.63, 3.8) is 0 Å². The van der Waals surface area contributed by atoms with Crippen molar-refractivity contribution >= 4 is 5.78 Å². The number of rotatable bonds is 1. The largest absolute Gasteiger partial charge is 0.433 e. The molecule has 0 unspecified atom stereocenters. The predicted molar refractivity (Wildman–Crippen MR) is 44.0 cm³/mol. The van der Waals surface area contributed by atoms with E-state index >= 15 is 0 Å². The molecule has 2 nitrogen and oxygen atoms in total. The zero-order chi connectivity index (χ0) is 10.9. The van der Waals surface area contributed by atoms with Gasteiger partial charge in [-0.3, -0.25) is 9.78 Å². The summed E-state index contributed by atoms with van der Waals surface area (Å²) in [7, 11) is 0. The van der Waals surface area contributed by atoms with Gasteiger partial charge in [0.2, 0.25) is 0 Å². The van der Waals surface area contributed by atoms with Gasteiger partial charge in [0.15, 0.2) is 5.78 Å². The van der Waals surface area contributed by atoms with Crippen LogP contribution >= 0.6 is 0 Å². The number of carbonyl (C=O) groups excluding carboxylic acids is 1. The van der Waals surface area contributed by atoms with E-state index in [4.69, 9.17) is 0 Å². The normalized spacial score (nSPS) is 11.5.